The molecule has 0 fully saturated rings. The number of rotatable bonds is 9. The lowest BCUT2D eigenvalue weighted by atomic mass is 9.68. The smallest absolute Gasteiger partial charge is 0.0729 e. The Morgan fingerprint density at radius 3 is 2.02 bits per heavy atom. The third-order valence-corrected chi connectivity index (χ3v) is 8.50. The van der Waals surface area contributed by atoms with Crippen molar-refractivity contribution in [2.75, 3.05) is 0 Å². The Bertz CT molecular complexity index is 1280. The summed E-state index contributed by atoms with van der Waals surface area (Å²) in [7, 11) is 0. The number of aliphatic hydroxyl groups excluding tert-OH is 2. The maximum absolute atomic E-state index is 10.1. The van der Waals surface area contributed by atoms with Crippen LogP contribution in [0.25, 0.3) is 0 Å². The molecule has 2 rings (SSSR count). The molecule has 0 amide bonds. The van der Waals surface area contributed by atoms with Crippen LogP contribution in [0, 0.1) is 28.6 Å². The molecule has 2 nitrogen and oxygen atoms in total. The SMILES string of the molecule is CC1=C[C@@H](O)CC(C)(C)C1C#C/C(C)=C/C=C/C(C)=C/C=C/C=C(C)/C=C/C=C(\C)CCC1=C(C)C[C@@H](O)CC1(C)C. The summed E-state index contributed by atoms with van der Waals surface area (Å²) in [6, 6.07) is 0. The fourth-order valence-corrected chi connectivity index (χ4v) is 6.30. The van der Waals surface area contributed by atoms with Gasteiger partial charge < -0.3 is 10.2 Å². The summed E-state index contributed by atoms with van der Waals surface area (Å²) >= 11 is 0. The zero-order valence-corrected chi connectivity index (χ0v) is 28.0. The summed E-state index contributed by atoms with van der Waals surface area (Å²) in [5.74, 6) is 6.93. The molecule has 228 valence electrons. The molecule has 0 aromatic rings. The van der Waals surface area contributed by atoms with Crippen LogP contribution in [0.15, 0.2) is 106 Å². The van der Waals surface area contributed by atoms with Crippen molar-refractivity contribution in [1.82, 2.24) is 0 Å². The predicted octanol–water partition coefficient (Wildman–Crippen LogP) is 10.1. The second-order valence-electron chi connectivity index (χ2n) is 13.9. The van der Waals surface area contributed by atoms with Gasteiger partial charge in [0.1, 0.15) is 0 Å². The van der Waals surface area contributed by atoms with Gasteiger partial charge in [-0.1, -0.05) is 140 Å². The van der Waals surface area contributed by atoms with Gasteiger partial charge in [0.25, 0.3) is 0 Å². The largest absolute Gasteiger partial charge is 0.393 e. The van der Waals surface area contributed by atoms with Crippen LogP contribution in [-0.2, 0) is 0 Å². The summed E-state index contributed by atoms with van der Waals surface area (Å²) in [5, 5.41) is 20.2. The second-order valence-corrected chi connectivity index (χ2v) is 13.9. The molecule has 2 aliphatic carbocycles. The number of allylic oxidation sites excluding steroid dienone is 16. The Hall–Kier alpha value is -2.86. The van der Waals surface area contributed by atoms with Gasteiger partial charge in [-0.15, -0.1) is 0 Å². The molecule has 0 aromatic carbocycles. The Kier molecular flexibility index (Phi) is 13.6. The lowest BCUT2D eigenvalue weighted by molar-refractivity contribution is 0.113. The third-order valence-electron chi connectivity index (χ3n) is 8.50. The molecule has 0 saturated carbocycles. The molecule has 0 bridgehead atoms. The maximum Gasteiger partial charge on any atom is 0.0729 e. The number of aliphatic hydroxyl groups is 2. The van der Waals surface area contributed by atoms with Gasteiger partial charge in [-0.25, -0.2) is 0 Å². The van der Waals surface area contributed by atoms with Gasteiger partial charge in [0.05, 0.1) is 12.2 Å². The highest BCUT2D eigenvalue weighted by atomic mass is 16.3. The number of hydrogen-bond acceptors (Lipinski definition) is 2. The maximum atomic E-state index is 10.1. The Labute approximate surface area is 257 Å². The zero-order valence-electron chi connectivity index (χ0n) is 28.0. The normalized spacial score (nSPS) is 25.8. The van der Waals surface area contributed by atoms with Crippen LogP contribution in [0.1, 0.15) is 101 Å². The molecule has 0 spiro atoms. The van der Waals surface area contributed by atoms with Crippen molar-refractivity contribution in [3.63, 3.8) is 0 Å². The minimum absolute atomic E-state index is 0.0266. The molecule has 2 N–H and O–H groups in total. The highest BCUT2D eigenvalue weighted by Crippen LogP contribution is 2.43. The van der Waals surface area contributed by atoms with Gasteiger partial charge >= 0.3 is 0 Å². The lowest BCUT2D eigenvalue weighted by Gasteiger charge is -2.37. The Morgan fingerprint density at radius 2 is 1.45 bits per heavy atom. The van der Waals surface area contributed by atoms with E-state index in [-0.39, 0.29) is 29.0 Å². The summed E-state index contributed by atoms with van der Waals surface area (Å²) < 4.78 is 0. The molecular weight excluding hydrogens is 512 g/mol. The first-order valence-electron chi connectivity index (χ1n) is 15.6. The monoisotopic (exact) mass is 568 g/mol. The zero-order chi connectivity index (χ0) is 31.5. The molecule has 3 atom stereocenters. The van der Waals surface area contributed by atoms with Crippen molar-refractivity contribution in [2.24, 2.45) is 16.7 Å². The van der Waals surface area contributed by atoms with E-state index in [0.29, 0.717) is 0 Å². The third kappa shape index (κ3) is 11.8. The van der Waals surface area contributed by atoms with Crippen LogP contribution in [0.4, 0.5) is 0 Å². The van der Waals surface area contributed by atoms with E-state index in [1.807, 2.05) is 13.0 Å². The van der Waals surface area contributed by atoms with E-state index in [1.54, 1.807) is 0 Å². The topological polar surface area (TPSA) is 40.5 Å². The summed E-state index contributed by atoms with van der Waals surface area (Å²) in [6.07, 6.45) is 27.0. The van der Waals surface area contributed by atoms with Gasteiger partial charge in [0.15, 0.2) is 0 Å². The van der Waals surface area contributed by atoms with Crippen LogP contribution >= 0.6 is 0 Å². The fraction of sp³-hybridized carbons (Fsp3) is 0.500. The average Bonchev–Trinajstić information content (AvgIpc) is 2.84. The van der Waals surface area contributed by atoms with Crippen molar-refractivity contribution in [1.29, 1.82) is 0 Å². The van der Waals surface area contributed by atoms with Crippen LogP contribution in [0.3, 0.4) is 0 Å². The standard InChI is InChI=1S/C40H56O2/c1-29(17-13-19-31(3)21-23-37-33(5)25-35(41)27-39(37,7)8)15-11-12-16-30(2)18-14-20-32(4)22-24-38-34(6)26-36(42)28-40(38,9)10/h11-20,26,35-36,38,41-42H,21,23,25,27-28H2,1-10H3/b12-11+,17-13+,18-14+,29-15+,30-16+,31-19+,32-20+/t35-,36-,38?/m1/s1. The van der Waals surface area contributed by atoms with E-state index in [9.17, 15) is 10.2 Å². The minimum Gasteiger partial charge on any atom is -0.393 e. The van der Waals surface area contributed by atoms with Crippen molar-refractivity contribution < 1.29 is 10.2 Å². The summed E-state index contributed by atoms with van der Waals surface area (Å²) in [6.45, 7) is 21.6. The van der Waals surface area contributed by atoms with E-state index < -0.39 is 0 Å². The Balaban J connectivity index is 1.87. The van der Waals surface area contributed by atoms with E-state index in [1.165, 1.54) is 27.9 Å². The van der Waals surface area contributed by atoms with E-state index in [4.69, 9.17) is 0 Å². The van der Waals surface area contributed by atoms with Gasteiger partial charge in [0, 0.05) is 5.92 Å². The highest BCUT2D eigenvalue weighted by molar-refractivity contribution is 5.37. The van der Waals surface area contributed by atoms with Crippen molar-refractivity contribution in [3.05, 3.63) is 106 Å². The molecule has 2 heteroatoms. The van der Waals surface area contributed by atoms with Crippen molar-refractivity contribution >= 4 is 0 Å². The lowest BCUT2D eigenvalue weighted by Crippen LogP contribution is -2.32. The van der Waals surface area contributed by atoms with Crippen LogP contribution in [0.5, 0.6) is 0 Å². The fourth-order valence-electron chi connectivity index (χ4n) is 6.30. The molecule has 0 heterocycles. The molecule has 1 unspecified atom stereocenters. The minimum atomic E-state index is -0.362. The van der Waals surface area contributed by atoms with Gasteiger partial charge in [-0.3, -0.25) is 0 Å². The molecule has 42 heavy (non-hydrogen) atoms. The van der Waals surface area contributed by atoms with Crippen molar-refractivity contribution in [2.45, 2.75) is 114 Å². The first-order chi connectivity index (χ1) is 19.6. The summed E-state index contributed by atoms with van der Waals surface area (Å²) in [4.78, 5) is 0. The van der Waals surface area contributed by atoms with Crippen LogP contribution < -0.4 is 0 Å². The Morgan fingerprint density at radius 1 is 0.857 bits per heavy atom. The van der Waals surface area contributed by atoms with E-state index >= 15 is 0 Å². The predicted molar refractivity (Wildman–Crippen MR) is 183 cm³/mol. The molecule has 0 saturated heterocycles. The molecule has 2 aliphatic rings. The van der Waals surface area contributed by atoms with Crippen LogP contribution in [0.2, 0.25) is 0 Å². The van der Waals surface area contributed by atoms with Crippen LogP contribution in [-0.4, -0.2) is 22.4 Å². The average molecular weight is 569 g/mol. The first-order valence-corrected chi connectivity index (χ1v) is 15.6. The highest BCUT2D eigenvalue weighted by Gasteiger charge is 2.35. The molecule has 0 aromatic heterocycles. The second kappa shape index (κ2) is 16.1. The van der Waals surface area contributed by atoms with E-state index in [0.717, 1.165) is 43.3 Å². The quantitative estimate of drug-likeness (QED) is 0.165. The first kappa shape index (κ1) is 35.3. The van der Waals surface area contributed by atoms with Gasteiger partial charge in [-0.2, -0.15) is 0 Å². The molecular formula is C40H56O2. The summed E-state index contributed by atoms with van der Waals surface area (Å²) in [5.41, 5.74) is 8.91. The van der Waals surface area contributed by atoms with Gasteiger partial charge in [0.2, 0.25) is 0 Å². The van der Waals surface area contributed by atoms with Gasteiger partial charge in [-0.05, 0) is 90.0 Å². The number of hydrogen-bond donors (Lipinski definition) is 2. The van der Waals surface area contributed by atoms with E-state index in [2.05, 4.69) is 135 Å². The molecule has 0 radical (unpaired) electrons. The van der Waals surface area contributed by atoms with Crippen molar-refractivity contribution in [3.8, 4) is 11.8 Å². The molecule has 0 aliphatic heterocycles.